The molecule has 2 aliphatic rings. The number of nitrogens with one attached hydrogen (secondary N) is 1. The van der Waals surface area contributed by atoms with Crippen molar-refractivity contribution >= 4 is 5.97 Å². The molecule has 0 radical (unpaired) electrons. The summed E-state index contributed by atoms with van der Waals surface area (Å²) in [7, 11) is 0. The number of ether oxygens (including phenoxy) is 1. The van der Waals surface area contributed by atoms with Crippen LogP contribution in [-0.2, 0) is 11.3 Å². The molecule has 3 rings (SSSR count). The second-order valence-electron chi connectivity index (χ2n) is 7.66. The van der Waals surface area contributed by atoms with Gasteiger partial charge in [0.1, 0.15) is 5.75 Å². The molecule has 1 aromatic carbocycles. The van der Waals surface area contributed by atoms with E-state index in [2.05, 4.69) is 24.4 Å². The van der Waals surface area contributed by atoms with Crippen molar-refractivity contribution in [2.45, 2.75) is 64.5 Å². The molecule has 2 fully saturated rings. The maximum atomic E-state index is 11.6. The lowest BCUT2D eigenvalue weighted by Gasteiger charge is -2.29. The van der Waals surface area contributed by atoms with Gasteiger partial charge in [0.15, 0.2) is 0 Å². The van der Waals surface area contributed by atoms with E-state index in [4.69, 9.17) is 4.74 Å². The average molecular weight is 345 g/mol. The van der Waals surface area contributed by atoms with Crippen molar-refractivity contribution in [1.29, 1.82) is 0 Å². The number of unbranched alkanes of at least 4 members (excludes halogenated alkanes) is 3. The van der Waals surface area contributed by atoms with E-state index in [1.54, 1.807) is 0 Å². The third-order valence-electron chi connectivity index (χ3n) is 5.93. The molecule has 4 heteroatoms. The van der Waals surface area contributed by atoms with E-state index in [0.717, 1.165) is 38.2 Å². The molecule has 4 atom stereocenters. The minimum atomic E-state index is -0.628. The Hall–Kier alpha value is -1.55. The van der Waals surface area contributed by atoms with Crippen LogP contribution >= 0.6 is 0 Å². The summed E-state index contributed by atoms with van der Waals surface area (Å²) in [6, 6.07) is 8.33. The van der Waals surface area contributed by atoms with Crippen molar-refractivity contribution in [3.8, 4) is 5.75 Å². The molecular formula is C21H31NO3. The molecule has 138 valence electrons. The zero-order valence-electron chi connectivity index (χ0n) is 15.2. The third-order valence-corrected chi connectivity index (χ3v) is 5.93. The highest BCUT2D eigenvalue weighted by atomic mass is 16.5. The van der Waals surface area contributed by atoms with Crippen molar-refractivity contribution in [2.75, 3.05) is 6.61 Å². The highest BCUT2D eigenvalue weighted by Gasteiger charge is 2.50. The Morgan fingerprint density at radius 3 is 2.64 bits per heavy atom. The summed E-state index contributed by atoms with van der Waals surface area (Å²) in [6.07, 6.45) is 8.20. The van der Waals surface area contributed by atoms with E-state index >= 15 is 0 Å². The number of carboxylic acids is 1. The molecule has 0 aliphatic heterocycles. The van der Waals surface area contributed by atoms with Crippen LogP contribution in [0.1, 0.15) is 57.4 Å². The van der Waals surface area contributed by atoms with Crippen LogP contribution < -0.4 is 10.1 Å². The quantitative estimate of drug-likeness (QED) is 0.623. The van der Waals surface area contributed by atoms with Gasteiger partial charge in [-0.05, 0) is 55.2 Å². The lowest BCUT2D eigenvalue weighted by molar-refractivity contribution is -0.144. The van der Waals surface area contributed by atoms with Gasteiger partial charge in [0, 0.05) is 12.6 Å². The van der Waals surface area contributed by atoms with Crippen molar-refractivity contribution in [3.63, 3.8) is 0 Å². The molecule has 2 saturated carbocycles. The topological polar surface area (TPSA) is 58.6 Å². The van der Waals surface area contributed by atoms with Gasteiger partial charge in [0.05, 0.1) is 12.5 Å². The Morgan fingerprint density at radius 1 is 1.16 bits per heavy atom. The second-order valence-corrected chi connectivity index (χ2v) is 7.66. The summed E-state index contributed by atoms with van der Waals surface area (Å²) in [5.74, 6) is 1.00. The minimum absolute atomic E-state index is 0.130. The van der Waals surface area contributed by atoms with Crippen LogP contribution in [0.4, 0.5) is 0 Å². The number of aliphatic carboxylic acids is 1. The van der Waals surface area contributed by atoms with E-state index in [1.807, 2.05) is 12.1 Å². The Morgan fingerprint density at radius 2 is 1.92 bits per heavy atom. The second kappa shape index (κ2) is 8.70. The van der Waals surface area contributed by atoms with Crippen molar-refractivity contribution < 1.29 is 14.6 Å². The fraction of sp³-hybridized carbons (Fsp3) is 0.667. The minimum Gasteiger partial charge on any atom is -0.494 e. The normalized spacial score (nSPS) is 27.6. The van der Waals surface area contributed by atoms with Crippen LogP contribution in [0.25, 0.3) is 0 Å². The molecule has 4 unspecified atom stereocenters. The summed E-state index contributed by atoms with van der Waals surface area (Å²) in [6.45, 7) is 3.72. The third kappa shape index (κ3) is 4.55. The van der Waals surface area contributed by atoms with Gasteiger partial charge in [-0.3, -0.25) is 4.79 Å². The van der Waals surface area contributed by atoms with Crippen LogP contribution in [0, 0.1) is 17.8 Å². The van der Waals surface area contributed by atoms with Crippen molar-refractivity contribution in [2.24, 2.45) is 17.8 Å². The highest BCUT2D eigenvalue weighted by Crippen LogP contribution is 2.48. The summed E-state index contributed by atoms with van der Waals surface area (Å²) in [5, 5.41) is 13.0. The van der Waals surface area contributed by atoms with E-state index in [9.17, 15) is 9.90 Å². The first-order valence-corrected chi connectivity index (χ1v) is 9.87. The fourth-order valence-corrected chi connectivity index (χ4v) is 4.60. The lowest BCUT2D eigenvalue weighted by atomic mass is 9.84. The van der Waals surface area contributed by atoms with Crippen LogP contribution in [0.2, 0.25) is 0 Å². The SMILES string of the molecule is CCCCCCOc1ccc(CNC2C3CCC(C3)C2C(=O)O)cc1. The summed E-state index contributed by atoms with van der Waals surface area (Å²) < 4.78 is 5.78. The molecule has 1 aromatic rings. The zero-order chi connectivity index (χ0) is 17.6. The highest BCUT2D eigenvalue weighted by molar-refractivity contribution is 5.72. The van der Waals surface area contributed by atoms with E-state index in [1.165, 1.54) is 31.2 Å². The number of carbonyl (C=O) groups is 1. The van der Waals surface area contributed by atoms with Gasteiger partial charge in [-0.1, -0.05) is 38.3 Å². The average Bonchev–Trinajstić information content (AvgIpc) is 3.22. The first-order valence-electron chi connectivity index (χ1n) is 9.87. The molecular weight excluding hydrogens is 314 g/mol. The lowest BCUT2D eigenvalue weighted by Crippen LogP contribution is -2.43. The van der Waals surface area contributed by atoms with Gasteiger partial charge in [-0.15, -0.1) is 0 Å². The van der Waals surface area contributed by atoms with Gasteiger partial charge in [-0.25, -0.2) is 0 Å². The largest absolute Gasteiger partial charge is 0.494 e. The Balaban J connectivity index is 1.45. The van der Waals surface area contributed by atoms with Gasteiger partial charge < -0.3 is 15.2 Å². The predicted molar refractivity (Wildman–Crippen MR) is 98.7 cm³/mol. The molecule has 2 aliphatic carbocycles. The maximum absolute atomic E-state index is 11.6. The number of benzene rings is 1. The first kappa shape index (κ1) is 18.2. The predicted octanol–water partition coefficient (Wildman–Crippen LogP) is 4.23. The van der Waals surface area contributed by atoms with E-state index < -0.39 is 5.97 Å². The molecule has 25 heavy (non-hydrogen) atoms. The Bertz CT molecular complexity index is 557. The van der Waals surface area contributed by atoms with Crippen LogP contribution in [0.3, 0.4) is 0 Å². The molecule has 0 spiro atoms. The standard InChI is InChI=1S/C21H31NO3/c1-2-3-4-5-12-25-18-10-6-15(7-11-18)14-22-20-17-9-8-16(13-17)19(20)21(23)24/h6-7,10-11,16-17,19-20,22H,2-5,8-9,12-14H2,1H3,(H,23,24). The van der Waals surface area contributed by atoms with Gasteiger partial charge in [0.25, 0.3) is 0 Å². The van der Waals surface area contributed by atoms with Crippen molar-refractivity contribution in [3.05, 3.63) is 29.8 Å². The van der Waals surface area contributed by atoms with Gasteiger partial charge in [0.2, 0.25) is 0 Å². The molecule has 0 heterocycles. The molecule has 0 aromatic heterocycles. The van der Waals surface area contributed by atoms with E-state index in [-0.39, 0.29) is 12.0 Å². The number of rotatable bonds is 10. The monoisotopic (exact) mass is 345 g/mol. The molecule has 0 amide bonds. The Labute approximate surface area is 151 Å². The Kier molecular flexibility index (Phi) is 6.35. The summed E-state index contributed by atoms with van der Waals surface area (Å²) >= 11 is 0. The van der Waals surface area contributed by atoms with Crippen molar-refractivity contribution in [1.82, 2.24) is 5.32 Å². The first-order chi connectivity index (χ1) is 12.2. The smallest absolute Gasteiger partial charge is 0.308 e. The molecule has 0 saturated heterocycles. The van der Waals surface area contributed by atoms with Crippen LogP contribution in [0.5, 0.6) is 5.75 Å². The molecule has 4 nitrogen and oxygen atoms in total. The molecule has 2 bridgehead atoms. The number of hydrogen-bond donors (Lipinski definition) is 2. The zero-order valence-corrected chi connectivity index (χ0v) is 15.2. The van der Waals surface area contributed by atoms with Crippen LogP contribution in [0.15, 0.2) is 24.3 Å². The van der Waals surface area contributed by atoms with Crippen LogP contribution in [-0.4, -0.2) is 23.7 Å². The number of hydrogen-bond acceptors (Lipinski definition) is 3. The maximum Gasteiger partial charge on any atom is 0.308 e. The van der Waals surface area contributed by atoms with Gasteiger partial charge >= 0.3 is 5.97 Å². The fourth-order valence-electron chi connectivity index (χ4n) is 4.60. The number of carboxylic acid groups (broad SMARTS) is 1. The summed E-state index contributed by atoms with van der Waals surface area (Å²) in [4.78, 5) is 11.6. The molecule has 2 N–H and O–H groups in total. The number of fused-ring (bicyclic) bond motifs is 2. The van der Waals surface area contributed by atoms with Gasteiger partial charge in [-0.2, -0.15) is 0 Å². The summed E-state index contributed by atoms with van der Waals surface area (Å²) in [5.41, 5.74) is 1.19. The van der Waals surface area contributed by atoms with E-state index in [0.29, 0.717) is 11.8 Å².